The van der Waals surface area contributed by atoms with Gasteiger partial charge in [-0.2, -0.15) is 0 Å². The zero-order valence-electron chi connectivity index (χ0n) is 18.1. The Labute approximate surface area is 205 Å². The Hall–Kier alpha value is -2.88. The molecule has 4 rings (SSSR count). The highest BCUT2D eigenvalue weighted by molar-refractivity contribution is 14.0. The molecule has 0 atom stereocenters. The first-order valence-corrected chi connectivity index (χ1v) is 10.6. The Morgan fingerprint density at radius 2 is 1.84 bits per heavy atom. The van der Waals surface area contributed by atoms with Gasteiger partial charge in [0.2, 0.25) is 11.8 Å². The summed E-state index contributed by atoms with van der Waals surface area (Å²) in [5.41, 5.74) is 4.21. The van der Waals surface area contributed by atoms with E-state index in [0.717, 1.165) is 24.2 Å². The number of nitrogens with one attached hydrogen (secondary N) is 2. The molecule has 0 saturated carbocycles. The molecular formula is C24H28IN5O2. The number of rotatable bonds is 6. The highest BCUT2D eigenvalue weighted by Gasteiger charge is 2.20. The van der Waals surface area contributed by atoms with Crippen molar-refractivity contribution in [3.05, 3.63) is 77.7 Å². The third-order valence-corrected chi connectivity index (χ3v) is 5.21. The van der Waals surface area contributed by atoms with Crippen LogP contribution in [0.3, 0.4) is 0 Å². The van der Waals surface area contributed by atoms with E-state index in [-0.39, 0.29) is 36.4 Å². The molecular weight excluding hydrogens is 517 g/mol. The number of carbonyl (C=O) groups excluding carboxylic acids is 1. The van der Waals surface area contributed by atoms with E-state index in [0.29, 0.717) is 31.5 Å². The van der Waals surface area contributed by atoms with Crippen molar-refractivity contribution < 1.29 is 9.21 Å². The van der Waals surface area contributed by atoms with Gasteiger partial charge in [-0.05, 0) is 36.6 Å². The van der Waals surface area contributed by atoms with E-state index in [4.69, 9.17) is 4.42 Å². The van der Waals surface area contributed by atoms with Gasteiger partial charge in [-0.15, -0.1) is 24.0 Å². The quantitative estimate of drug-likeness (QED) is 0.281. The lowest BCUT2D eigenvalue weighted by Gasteiger charge is -2.29. The van der Waals surface area contributed by atoms with E-state index >= 15 is 0 Å². The maximum atomic E-state index is 12.7. The standard InChI is InChI=1S/C24H27N5O2.HI/c1-2-25-24(26-14-21-17-31-23(28-21)19-9-4-3-5-10-19)27-15-22(30)29-13-12-18-8-6-7-11-20(18)16-29;/h3-11,17H,2,12-16H2,1H3,(H2,25,26,27);1H. The van der Waals surface area contributed by atoms with Crippen LogP contribution in [0.15, 0.2) is 70.3 Å². The van der Waals surface area contributed by atoms with Crippen LogP contribution in [0.5, 0.6) is 0 Å². The molecule has 168 valence electrons. The van der Waals surface area contributed by atoms with Crippen LogP contribution in [0.4, 0.5) is 0 Å². The number of carbonyl (C=O) groups is 1. The van der Waals surface area contributed by atoms with E-state index in [1.165, 1.54) is 11.1 Å². The fraction of sp³-hybridized carbons (Fsp3) is 0.292. The molecule has 2 N–H and O–H groups in total. The van der Waals surface area contributed by atoms with Crippen LogP contribution in [-0.2, 0) is 24.3 Å². The lowest BCUT2D eigenvalue weighted by atomic mass is 10.00. The smallest absolute Gasteiger partial charge is 0.242 e. The van der Waals surface area contributed by atoms with Crippen LogP contribution < -0.4 is 10.6 Å². The number of hydrogen-bond donors (Lipinski definition) is 2. The fourth-order valence-corrected chi connectivity index (χ4v) is 3.57. The van der Waals surface area contributed by atoms with Gasteiger partial charge in [0.25, 0.3) is 0 Å². The van der Waals surface area contributed by atoms with Gasteiger partial charge in [-0.25, -0.2) is 9.98 Å². The normalized spacial score (nSPS) is 13.2. The lowest BCUT2D eigenvalue weighted by Crippen LogP contribution is -2.45. The van der Waals surface area contributed by atoms with Crippen LogP contribution >= 0.6 is 24.0 Å². The fourth-order valence-electron chi connectivity index (χ4n) is 3.57. The van der Waals surface area contributed by atoms with Crippen LogP contribution in [0.2, 0.25) is 0 Å². The zero-order chi connectivity index (χ0) is 21.5. The number of halogens is 1. The number of fused-ring (bicyclic) bond motifs is 1. The molecule has 0 saturated heterocycles. The summed E-state index contributed by atoms with van der Waals surface area (Å²) in [7, 11) is 0. The van der Waals surface area contributed by atoms with Crippen LogP contribution in [0, 0.1) is 0 Å². The van der Waals surface area contributed by atoms with Gasteiger partial charge in [-0.1, -0.05) is 42.5 Å². The summed E-state index contributed by atoms with van der Waals surface area (Å²) >= 11 is 0. The van der Waals surface area contributed by atoms with Crippen molar-refractivity contribution in [2.75, 3.05) is 19.6 Å². The lowest BCUT2D eigenvalue weighted by molar-refractivity contribution is -0.130. The number of hydrogen-bond acceptors (Lipinski definition) is 4. The average molecular weight is 545 g/mol. The molecule has 0 radical (unpaired) electrons. The van der Waals surface area contributed by atoms with E-state index in [1.807, 2.05) is 48.2 Å². The van der Waals surface area contributed by atoms with Gasteiger partial charge in [0.15, 0.2) is 5.96 Å². The maximum Gasteiger partial charge on any atom is 0.242 e. The second-order valence-corrected chi connectivity index (χ2v) is 7.39. The molecule has 1 aromatic heterocycles. The molecule has 0 spiro atoms. The summed E-state index contributed by atoms with van der Waals surface area (Å²) in [6, 6.07) is 18.1. The van der Waals surface area contributed by atoms with E-state index < -0.39 is 0 Å². The minimum atomic E-state index is 0. The second-order valence-electron chi connectivity index (χ2n) is 7.39. The van der Waals surface area contributed by atoms with Gasteiger partial charge in [0.1, 0.15) is 12.0 Å². The van der Waals surface area contributed by atoms with Crippen LogP contribution in [0.25, 0.3) is 11.5 Å². The molecule has 2 heterocycles. The Bertz CT molecular complexity index is 1050. The Balaban J connectivity index is 0.00000289. The summed E-state index contributed by atoms with van der Waals surface area (Å²) in [5.74, 6) is 1.22. The van der Waals surface area contributed by atoms with Crippen molar-refractivity contribution in [3.8, 4) is 11.5 Å². The average Bonchev–Trinajstić information content (AvgIpc) is 3.30. The summed E-state index contributed by atoms with van der Waals surface area (Å²) in [6.07, 6.45) is 2.51. The van der Waals surface area contributed by atoms with Crippen molar-refractivity contribution in [2.24, 2.45) is 4.99 Å². The van der Waals surface area contributed by atoms with Crippen molar-refractivity contribution in [2.45, 2.75) is 26.4 Å². The summed E-state index contributed by atoms with van der Waals surface area (Å²) in [6.45, 7) is 4.65. The minimum absolute atomic E-state index is 0. The Morgan fingerprint density at radius 1 is 1.09 bits per heavy atom. The van der Waals surface area contributed by atoms with Gasteiger partial charge in [0, 0.05) is 25.2 Å². The molecule has 1 aliphatic heterocycles. The Morgan fingerprint density at radius 3 is 2.62 bits per heavy atom. The largest absolute Gasteiger partial charge is 0.444 e. The predicted octanol–water partition coefficient (Wildman–Crippen LogP) is 3.60. The monoisotopic (exact) mass is 545 g/mol. The SMILES string of the molecule is CCNC(=NCc1coc(-c2ccccc2)n1)NCC(=O)N1CCc2ccccc2C1.I. The molecule has 0 aliphatic carbocycles. The molecule has 0 fully saturated rings. The number of aromatic nitrogens is 1. The summed E-state index contributed by atoms with van der Waals surface area (Å²) < 4.78 is 5.57. The molecule has 1 amide bonds. The maximum absolute atomic E-state index is 12.7. The second kappa shape index (κ2) is 11.7. The summed E-state index contributed by atoms with van der Waals surface area (Å²) in [5, 5.41) is 6.31. The molecule has 7 nitrogen and oxygen atoms in total. The number of oxazole rings is 1. The third kappa shape index (κ3) is 6.09. The number of guanidine groups is 1. The predicted molar refractivity (Wildman–Crippen MR) is 136 cm³/mol. The van der Waals surface area contributed by atoms with Gasteiger partial charge in [-0.3, -0.25) is 4.79 Å². The van der Waals surface area contributed by atoms with Gasteiger partial charge in [0.05, 0.1) is 13.1 Å². The third-order valence-electron chi connectivity index (χ3n) is 5.21. The van der Waals surface area contributed by atoms with Crippen molar-refractivity contribution in [3.63, 3.8) is 0 Å². The molecule has 8 heteroatoms. The molecule has 1 aliphatic rings. The molecule has 0 unspecified atom stereocenters. The van der Waals surface area contributed by atoms with E-state index in [2.05, 4.69) is 38.8 Å². The molecule has 32 heavy (non-hydrogen) atoms. The van der Waals surface area contributed by atoms with E-state index in [1.54, 1.807) is 6.26 Å². The van der Waals surface area contributed by atoms with Crippen molar-refractivity contribution >= 4 is 35.8 Å². The number of benzene rings is 2. The zero-order valence-corrected chi connectivity index (χ0v) is 20.4. The molecule has 0 bridgehead atoms. The highest BCUT2D eigenvalue weighted by Crippen LogP contribution is 2.19. The first-order valence-electron chi connectivity index (χ1n) is 10.6. The van der Waals surface area contributed by atoms with Crippen LogP contribution in [-0.4, -0.2) is 41.4 Å². The first kappa shape index (κ1) is 23.8. The van der Waals surface area contributed by atoms with Crippen LogP contribution in [0.1, 0.15) is 23.7 Å². The summed E-state index contributed by atoms with van der Waals surface area (Å²) in [4.78, 5) is 23.6. The number of amides is 1. The minimum Gasteiger partial charge on any atom is -0.444 e. The molecule has 2 aromatic carbocycles. The van der Waals surface area contributed by atoms with Crippen molar-refractivity contribution in [1.29, 1.82) is 0 Å². The van der Waals surface area contributed by atoms with Gasteiger partial charge >= 0.3 is 0 Å². The number of aliphatic imine (C=N–C) groups is 1. The number of nitrogens with zero attached hydrogens (tertiary/aromatic N) is 3. The van der Waals surface area contributed by atoms with Crippen molar-refractivity contribution in [1.82, 2.24) is 20.5 Å². The first-order chi connectivity index (χ1) is 15.2. The highest BCUT2D eigenvalue weighted by atomic mass is 127. The molecule has 3 aromatic rings. The van der Waals surface area contributed by atoms with Gasteiger partial charge < -0.3 is 20.0 Å². The van der Waals surface area contributed by atoms with E-state index in [9.17, 15) is 4.79 Å². The Kier molecular flexibility index (Phi) is 8.66. The topological polar surface area (TPSA) is 82.8 Å².